The molecule has 2 atom stereocenters. The minimum atomic E-state index is -0.723. The maximum absolute atomic E-state index is 9.14. The number of ether oxygens (including phenoxy) is 1. The van der Waals surface area contributed by atoms with Gasteiger partial charge in [-0.05, 0) is 19.3 Å². The van der Waals surface area contributed by atoms with Crippen molar-refractivity contribution in [1.29, 1.82) is 0 Å². The van der Waals surface area contributed by atoms with E-state index in [0.29, 0.717) is 0 Å². The lowest BCUT2D eigenvalue weighted by atomic mass is 9.86. The molecular weight excluding hydrogens is 192 g/mol. The fourth-order valence-corrected chi connectivity index (χ4v) is 2.29. The highest BCUT2D eigenvalue weighted by molar-refractivity contribution is 4.68. The number of rotatable bonds is 6. The summed E-state index contributed by atoms with van der Waals surface area (Å²) in [7, 11) is 0. The van der Waals surface area contributed by atoms with Crippen LogP contribution in [0.15, 0.2) is 0 Å². The fraction of sp³-hybridized carbons (Fsp3) is 1.00. The van der Waals surface area contributed by atoms with Crippen LogP contribution in [0.2, 0.25) is 0 Å². The minimum Gasteiger partial charge on any atom is -0.394 e. The Morgan fingerprint density at radius 1 is 1.27 bits per heavy atom. The molecule has 1 rings (SSSR count). The second-order valence-electron chi connectivity index (χ2n) is 4.72. The van der Waals surface area contributed by atoms with Crippen LogP contribution in [-0.4, -0.2) is 35.6 Å². The highest BCUT2D eigenvalue weighted by Crippen LogP contribution is 2.27. The first-order valence-corrected chi connectivity index (χ1v) is 6.13. The van der Waals surface area contributed by atoms with Gasteiger partial charge in [0.05, 0.1) is 19.3 Å². The van der Waals surface area contributed by atoms with Gasteiger partial charge in [0, 0.05) is 0 Å². The first kappa shape index (κ1) is 12.9. The van der Waals surface area contributed by atoms with E-state index >= 15 is 0 Å². The summed E-state index contributed by atoms with van der Waals surface area (Å²) in [4.78, 5) is 0. The van der Waals surface area contributed by atoms with Gasteiger partial charge >= 0.3 is 0 Å². The van der Waals surface area contributed by atoms with E-state index in [0.717, 1.165) is 12.3 Å². The van der Waals surface area contributed by atoms with Gasteiger partial charge in [-0.25, -0.2) is 0 Å². The Labute approximate surface area is 92.4 Å². The first-order chi connectivity index (χ1) is 7.22. The van der Waals surface area contributed by atoms with Crippen LogP contribution in [-0.2, 0) is 4.74 Å². The molecule has 0 heterocycles. The predicted octanol–water partition coefficient (Wildman–Crippen LogP) is 1.72. The van der Waals surface area contributed by atoms with E-state index in [4.69, 9.17) is 14.9 Å². The molecule has 1 saturated carbocycles. The summed E-state index contributed by atoms with van der Waals surface area (Å²) >= 11 is 0. The lowest BCUT2D eigenvalue weighted by Gasteiger charge is -2.25. The monoisotopic (exact) mass is 216 g/mol. The summed E-state index contributed by atoms with van der Waals surface area (Å²) < 4.78 is 5.49. The van der Waals surface area contributed by atoms with Gasteiger partial charge in [0.1, 0.15) is 6.10 Å². The maximum atomic E-state index is 9.14. The zero-order valence-electron chi connectivity index (χ0n) is 9.69. The number of aliphatic hydroxyl groups is 2. The largest absolute Gasteiger partial charge is 0.394 e. The van der Waals surface area contributed by atoms with Gasteiger partial charge in [0.15, 0.2) is 0 Å². The van der Waals surface area contributed by atoms with Crippen LogP contribution in [0, 0.1) is 5.92 Å². The Kier molecular flexibility index (Phi) is 6.22. The molecule has 2 N–H and O–H groups in total. The van der Waals surface area contributed by atoms with Crippen molar-refractivity contribution in [2.24, 2.45) is 5.92 Å². The molecule has 0 bridgehead atoms. The van der Waals surface area contributed by atoms with Gasteiger partial charge in [-0.15, -0.1) is 0 Å². The lowest BCUT2D eigenvalue weighted by Crippen LogP contribution is -2.24. The zero-order valence-corrected chi connectivity index (χ0v) is 9.69. The van der Waals surface area contributed by atoms with Gasteiger partial charge in [-0.1, -0.05) is 32.1 Å². The van der Waals surface area contributed by atoms with Crippen molar-refractivity contribution in [3.63, 3.8) is 0 Å². The smallest absolute Gasteiger partial charge is 0.100 e. The molecule has 15 heavy (non-hydrogen) atoms. The van der Waals surface area contributed by atoms with E-state index in [1.54, 1.807) is 0 Å². The predicted molar refractivity (Wildman–Crippen MR) is 59.7 cm³/mol. The van der Waals surface area contributed by atoms with E-state index in [1.165, 1.54) is 32.1 Å². The van der Waals surface area contributed by atoms with Crippen LogP contribution < -0.4 is 0 Å². The fourth-order valence-electron chi connectivity index (χ4n) is 2.29. The molecule has 1 fully saturated rings. The third-order valence-electron chi connectivity index (χ3n) is 3.17. The number of hydrogen-bond donors (Lipinski definition) is 2. The standard InChI is InChI=1S/C12H24O3/c1-10(15-9-12(14)8-13)7-11-5-3-2-4-6-11/h10-14H,2-9H2,1H3. The van der Waals surface area contributed by atoms with Crippen molar-refractivity contribution >= 4 is 0 Å². The molecule has 1 aliphatic rings. The summed E-state index contributed by atoms with van der Waals surface area (Å²) in [5.74, 6) is 0.806. The third kappa shape index (κ3) is 5.50. The molecule has 2 unspecified atom stereocenters. The van der Waals surface area contributed by atoms with Crippen LogP contribution in [0.25, 0.3) is 0 Å². The number of aliphatic hydroxyl groups excluding tert-OH is 2. The third-order valence-corrected chi connectivity index (χ3v) is 3.17. The maximum Gasteiger partial charge on any atom is 0.100 e. The van der Waals surface area contributed by atoms with E-state index in [9.17, 15) is 0 Å². The minimum absolute atomic E-state index is 0.203. The molecule has 0 aromatic carbocycles. The second-order valence-corrected chi connectivity index (χ2v) is 4.72. The average Bonchev–Trinajstić information content (AvgIpc) is 2.27. The van der Waals surface area contributed by atoms with Crippen LogP contribution in [0.5, 0.6) is 0 Å². The van der Waals surface area contributed by atoms with Gasteiger partial charge in [-0.2, -0.15) is 0 Å². The lowest BCUT2D eigenvalue weighted by molar-refractivity contribution is -0.0308. The molecule has 0 amide bonds. The molecule has 0 aromatic rings. The van der Waals surface area contributed by atoms with E-state index in [1.807, 2.05) is 0 Å². The average molecular weight is 216 g/mol. The Bertz CT molecular complexity index is 155. The highest BCUT2D eigenvalue weighted by atomic mass is 16.5. The molecule has 0 aliphatic heterocycles. The molecule has 90 valence electrons. The highest BCUT2D eigenvalue weighted by Gasteiger charge is 2.17. The summed E-state index contributed by atoms with van der Waals surface area (Å²) in [5, 5.41) is 17.8. The quantitative estimate of drug-likeness (QED) is 0.710. The Hall–Kier alpha value is -0.120. The van der Waals surface area contributed by atoms with E-state index in [2.05, 4.69) is 6.92 Å². The van der Waals surface area contributed by atoms with Gasteiger partial charge < -0.3 is 14.9 Å². The molecule has 1 aliphatic carbocycles. The van der Waals surface area contributed by atoms with E-state index < -0.39 is 6.10 Å². The van der Waals surface area contributed by atoms with Crippen molar-refractivity contribution in [3.8, 4) is 0 Å². The Balaban J connectivity index is 2.08. The van der Waals surface area contributed by atoms with Crippen molar-refractivity contribution in [3.05, 3.63) is 0 Å². The van der Waals surface area contributed by atoms with Crippen molar-refractivity contribution < 1.29 is 14.9 Å². The van der Waals surface area contributed by atoms with Crippen molar-refractivity contribution in [1.82, 2.24) is 0 Å². The first-order valence-electron chi connectivity index (χ1n) is 6.13. The van der Waals surface area contributed by atoms with Crippen molar-refractivity contribution in [2.45, 2.75) is 57.7 Å². The molecule has 3 heteroatoms. The molecule has 3 nitrogen and oxygen atoms in total. The van der Waals surface area contributed by atoms with E-state index in [-0.39, 0.29) is 19.3 Å². The molecule has 0 aromatic heterocycles. The topological polar surface area (TPSA) is 49.7 Å². The van der Waals surface area contributed by atoms with Gasteiger partial charge in [0.2, 0.25) is 0 Å². The Morgan fingerprint density at radius 3 is 2.53 bits per heavy atom. The molecule has 0 saturated heterocycles. The molecule has 0 radical (unpaired) electrons. The normalized spacial score (nSPS) is 22.6. The summed E-state index contributed by atoms with van der Waals surface area (Å²) in [6, 6.07) is 0. The van der Waals surface area contributed by atoms with Crippen LogP contribution >= 0.6 is 0 Å². The summed E-state index contributed by atoms with van der Waals surface area (Å²) in [5.41, 5.74) is 0. The Morgan fingerprint density at radius 2 is 1.93 bits per heavy atom. The van der Waals surface area contributed by atoms with Crippen LogP contribution in [0.3, 0.4) is 0 Å². The van der Waals surface area contributed by atoms with Crippen LogP contribution in [0.1, 0.15) is 45.4 Å². The summed E-state index contributed by atoms with van der Waals surface area (Å²) in [6.45, 7) is 2.10. The summed E-state index contributed by atoms with van der Waals surface area (Å²) in [6.07, 6.45) is 7.33. The van der Waals surface area contributed by atoms with Crippen LogP contribution in [0.4, 0.5) is 0 Å². The molecular formula is C12H24O3. The van der Waals surface area contributed by atoms with Crippen molar-refractivity contribution in [2.75, 3.05) is 13.2 Å². The van der Waals surface area contributed by atoms with Gasteiger partial charge in [-0.3, -0.25) is 0 Å². The SMILES string of the molecule is CC(CC1CCCCC1)OCC(O)CO. The second kappa shape index (κ2) is 7.20. The van der Waals surface area contributed by atoms with Gasteiger partial charge in [0.25, 0.3) is 0 Å². The molecule has 0 spiro atoms. The zero-order chi connectivity index (χ0) is 11.1. The number of hydrogen-bond acceptors (Lipinski definition) is 3.